The van der Waals surface area contributed by atoms with E-state index >= 15 is 0 Å². The summed E-state index contributed by atoms with van der Waals surface area (Å²) in [7, 11) is 2.10. The second-order valence-corrected chi connectivity index (χ2v) is 10.1. The fourth-order valence-electron chi connectivity index (χ4n) is 4.80. The molecule has 0 spiro atoms. The molecule has 0 saturated carbocycles. The van der Waals surface area contributed by atoms with Gasteiger partial charge >= 0.3 is 5.69 Å². The van der Waals surface area contributed by atoms with Gasteiger partial charge in [0.1, 0.15) is 4.83 Å². The molecule has 1 fully saturated rings. The molecule has 3 aromatic rings. The lowest BCUT2D eigenvalue weighted by Gasteiger charge is -2.26. The monoisotopic (exact) mass is 458 g/mol. The van der Waals surface area contributed by atoms with Gasteiger partial charge in [-0.1, -0.05) is 24.1 Å². The van der Waals surface area contributed by atoms with Crippen LogP contribution in [0.25, 0.3) is 15.9 Å². The first-order valence-electron chi connectivity index (χ1n) is 11.0. The average Bonchev–Trinajstić information content (AvgIpc) is 3.13. The van der Waals surface area contributed by atoms with Gasteiger partial charge < -0.3 is 9.80 Å². The molecular formula is C23H27ClN4O2S. The minimum absolute atomic E-state index is 0.224. The lowest BCUT2D eigenvalue weighted by molar-refractivity contribution is 0.220. The molecule has 1 saturated heterocycles. The van der Waals surface area contributed by atoms with E-state index in [1.54, 1.807) is 35.6 Å². The van der Waals surface area contributed by atoms with Gasteiger partial charge in [0.15, 0.2) is 0 Å². The van der Waals surface area contributed by atoms with Crippen molar-refractivity contribution in [1.29, 1.82) is 0 Å². The van der Waals surface area contributed by atoms with E-state index in [1.807, 2.05) is 4.57 Å². The Kier molecular flexibility index (Phi) is 5.77. The Bertz CT molecular complexity index is 1240. The molecule has 2 aromatic heterocycles. The maximum atomic E-state index is 13.6. The summed E-state index contributed by atoms with van der Waals surface area (Å²) < 4.78 is 3.14. The van der Waals surface area contributed by atoms with Gasteiger partial charge in [0.25, 0.3) is 5.56 Å². The molecule has 8 heteroatoms. The minimum Gasteiger partial charge on any atom is -0.302 e. The lowest BCUT2D eigenvalue weighted by Crippen LogP contribution is -2.41. The van der Waals surface area contributed by atoms with Gasteiger partial charge in [0, 0.05) is 36.1 Å². The Labute approximate surface area is 190 Å². The Morgan fingerprint density at radius 3 is 2.65 bits per heavy atom. The standard InChI is InChI=1S/C23H27ClN4O2S/c1-25-11-8-18-19(15-25)31-22-20(18)21(29)28(17-7-5-6-16(24)14-17)23(30)27(22)13-12-26-9-3-2-4-10-26/h5-7,14H,2-4,8-13,15H2,1H3. The summed E-state index contributed by atoms with van der Waals surface area (Å²) in [6, 6.07) is 7.01. The number of piperidine rings is 1. The van der Waals surface area contributed by atoms with Gasteiger partial charge in [0.05, 0.1) is 11.1 Å². The first kappa shape index (κ1) is 20.9. The quantitative estimate of drug-likeness (QED) is 0.601. The van der Waals surface area contributed by atoms with E-state index in [4.69, 9.17) is 11.6 Å². The predicted molar refractivity (Wildman–Crippen MR) is 127 cm³/mol. The van der Waals surface area contributed by atoms with Crippen molar-refractivity contribution in [2.75, 3.05) is 33.2 Å². The molecule has 2 aliphatic heterocycles. The van der Waals surface area contributed by atoms with Crippen molar-refractivity contribution in [2.45, 2.75) is 38.8 Å². The van der Waals surface area contributed by atoms with Crippen molar-refractivity contribution in [3.8, 4) is 5.69 Å². The second-order valence-electron chi connectivity index (χ2n) is 8.63. The van der Waals surface area contributed by atoms with E-state index < -0.39 is 0 Å². The molecule has 0 N–H and O–H groups in total. The summed E-state index contributed by atoms with van der Waals surface area (Å²) in [5.74, 6) is 0. The van der Waals surface area contributed by atoms with Gasteiger partial charge in [0.2, 0.25) is 0 Å². The van der Waals surface area contributed by atoms with Crippen LogP contribution in [0.2, 0.25) is 5.02 Å². The highest BCUT2D eigenvalue weighted by Gasteiger charge is 2.26. The molecule has 2 aliphatic rings. The SMILES string of the molecule is CN1CCc2c(sc3c2c(=O)n(-c2cccc(Cl)c2)c(=O)n3CCN2CCCCC2)C1. The van der Waals surface area contributed by atoms with Gasteiger partial charge in [-0.3, -0.25) is 9.36 Å². The number of halogens is 1. The van der Waals surface area contributed by atoms with Crippen LogP contribution in [0.4, 0.5) is 0 Å². The number of likely N-dealkylation sites (N-methyl/N-ethyl adjacent to an activating group) is 1. The third-order valence-corrected chi connectivity index (χ3v) is 7.94. The molecular weight excluding hydrogens is 432 g/mol. The largest absolute Gasteiger partial charge is 0.336 e. The first-order valence-corrected chi connectivity index (χ1v) is 12.2. The highest BCUT2D eigenvalue weighted by Crippen LogP contribution is 2.33. The van der Waals surface area contributed by atoms with Crippen LogP contribution in [0.15, 0.2) is 33.9 Å². The van der Waals surface area contributed by atoms with Crippen LogP contribution in [-0.2, 0) is 19.5 Å². The molecule has 0 unspecified atom stereocenters. The highest BCUT2D eigenvalue weighted by molar-refractivity contribution is 7.18. The second kappa shape index (κ2) is 8.54. The maximum absolute atomic E-state index is 13.6. The zero-order valence-electron chi connectivity index (χ0n) is 17.8. The van der Waals surface area contributed by atoms with Crippen molar-refractivity contribution in [3.05, 3.63) is 60.6 Å². The Balaban J connectivity index is 1.69. The number of thiophene rings is 1. The van der Waals surface area contributed by atoms with Crippen molar-refractivity contribution >= 4 is 33.2 Å². The summed E-state index contributed by atoms with van der Waals surface area (Å²) in [6.45, 7) is 5.32. The van der Waals surface area contributed by atoms with Crippen LogP contribution >= 0.6 is 22.9 Å². The molecule has 6 nitrogen and oxygen atoms in total. The number of nitrogens with zero attached hydrogens (tertiary/aromatic N) is 4. The molecule has 0 amide bonds. The van der Waals surface area contributed by atoms with Gasteiger partial charge in [-0.15, -0.1) is 11.3 Å². The third-order valence-electron chi connectivity index (χ3n) is 6.47. The summed E-state index contributed by atoms with van der Waals surface area (Å²) >= 11 is 7.81. The number of likely N-dealkylation sites (tertiary alicyclic amines) is 1. The molecule has 31 heavy (non-hydrogen) atoms. The van der Waals surface area contributed by atoms with Crippen molar-refractivity contribution in [3.63, 3.8) is 0 Å². The smallest absolute Gasteiger partial charge is 0.302 e. The average molecular weight is 459 g/mol. The van der Waals surface area contributed by atoms with E-state index in [9.17, 15) is 9.59 Å². The van der Waals surface area contributed by atoms with E-state index in [1.165, 1.54) is 28.7 Å². The molecule has 4 heterocycles. The van der Waals surface area contributed by atoms with Crippen LogP contribution in [0.1, 0.15) is 29.7 Å². The van der Waals surface area contributed by atoms with Gasteiger partial charge in [-0.25, -0.2) is 9.36 Å². The van der Waals surface area contributed by atoms with E-state index in [0.29, 0.717) is 22.6 Å². The number of benzene rings is 1. The van der Waals surface area contributed by atoms with Crippen LogP contribution in [-0.4, -0.2) is 52.2 Å². The number of hydrogen-bond donors (Lipinski definition) is 0. The van der Waals surface area contributed by atoms with Crippen molar-refractivity contribution in [1.82, 2.24) is 18.9 Å². The number of hydrogen-bond acceptors (Lipinski definition) is 5. The van der Waals surface area contributed by atoms with E-state index in [2.05, 4.69) is 16.8 Å². The van der Waals surface area contributed by atoms with Crippen LogP contribution in [0.3, 0.4) is 0 Å². The molecule has 0 atom stereocenters. The van der Waals surface area contributed by atoms with Crippen molar-refractivity contribution < 1.29 is 0 Å². The Morgan fingerprint density at radius 2 is 1.87 bits per heavy atom. The van der Waals surface area contributed by atoms with E-state index in [-0.39, 0.29) is 11.2 Å². The first-order chi connectivity index (χ1) is 15.0. The van der Waals surface area contributed by atoms with Gasteiger partial charge in [-0.2, -0.15) is 0 Å². The van der Waals surface area contributed by atoms with Crippen LogP contribution in [0.5, 0.6) is 0 Å². The summed E-state index contributed by atoms with van der Waals surface area (Å²) in [6.07, 6.45) is 4.55. The fourth-order valence-corrected chi connectivity index (χ4v) is 6.42. The highest BCUT2D eigenvalue weighted by atomic mass is 35.5. The molecule has 0 radical (unpaired) electrons. The maximum Gasteiger partial charge on any atom is 0.336 e. The minimum atomic E-state index is -0.274. The number of fused-ring (bicyclic) bond motifs is 3. The molecule has 5 rings (SSSR count). The predicted octanol–water partition coefficient (Wildman–Crippen LogP) is 3.34. The zero-order valence-corrected chi connectivity index (χ0v) is 19.3. The molecule has 0 aliphatic carbocycles. The Hall–Kier alpha value is -1.93. The molecule has 1 aromatic carbocycles. The topological polar surface area (TPSA) is 50.5 Å². The molecule has 0 bridgehead atoms. The Morgan fingerprint density at radius 1 is 1.06 bits per heavy atom. The third kappa shape index (κ3) is 3.89. The molecule has 164 valence electrons. The zero-order chi connectivity index (χ0) is 21.5. The van der Waals surface area contributed by atoms with Gasteiger partial charge in [-0.05, 0) is 63.2 Å². The summed E-state index contributed by atoms with van der Waals surface area (Å²) in [5, 5.41) is 1.23. The number of aromatic nitrogens is 2. The van der Waals surface area contributed by atoms with Crippen molar-refractivity contribution in [2.24, 2.45) is 0 Å². The summed E-state index contributed by atoms with van der Waals surface area (Å²) in [5.41, 5.74) is 1.15. The lowest BCUT2D eigenvalue weighted by atomic mass is 10.1. The fraction of sp³-hybridized carbons (Fsp3) is 0.478. The van der Waals surface area contributed by atoms with E-state index in [0.717, 1.165) is 49.5 Å². The van der Waals surface area contributed by atoms with Crippen LogP contribution < -0.4 is 11.2 Å². The van der Waals surface area contributed by atoms with Crippen LogP contribution in [0, 0.1) is 0 Å². The normalized spacial score (nSPS) is 17.9. The summed E-state index contributed by atoms with van der Waals surface area (Å²) in [4.78, 5) is 34.0. The number of rotatable bonds is 4.